The van der Waals surface area contributed by atoms with Gasteiger partial charge in [-0.3, -0.25) is 0 Å². The van der Waals surface area contributed by atoms with Crippen LogP contribution in [0.4, 0.5) is 0 Å². The van der Waals surface area contributed by atoms with Gasteiger partial charge in [-0.2, -0.15) is 5.26 Å². The summed E-state index contributed by atoms with van der Waals surface area (Å²) in [5.74, 6) is 1.04. The molecule has 124 valence electrons. The molecule has 0 spiro atoms. The second kappa shape index (κ2) is 7.25. The lowest BCUT2D eigenvalue weighted by molar-refractivity contribution is 0.397. The summed E-state index contributed by atoms with van der Waals surface area (Å²) >= 11 is 5.96. The highest BCUT2D eigenvalue weighted by Gasteiger charge is 2.16. The predicted octanol–water partition coefficient (Wildman–Crippen LogP) is 4.96. The van der Waals surface area contributed by atoms with Crippen molar-refractivity contribution in [3.63, 3.8) is 0 Å². The van der Waals surface area contributed by atoms with Crippen LogP contribution >= 0.6 is 11.6 Å². The molecule has 0 N–H and O–H groups in total. The zero-order chi connectivity index (χ0) is 17.8. The van der Waals surface area contributed by atoms with E-state index in [1.807, 2.05) is 42.5 Å². The van der Waals surface area contributed by atoms with Crippen molar-refractivity contribution < 1.29 is 9.47 Å². The van der Waals surface area contributed by atoms with E-state index in [0.29, 0.717) is 22.2 Å². The van der Waals surface area contributed by atoms with E-state index in [2.05, 4.69) is 11.1 Å². The highest BCUT2D eigenvalue weighted by Crippen LogP contribution is 2.34. The summed E-state index contributed by atoms with van der Waals surface area (Å²) in [5, 5.41) is 10.2. The second-order valence-corrected chi connectivity index (χ2v) is 5.72. The number of ether oxygens (including phenoxy) is 2. The number of rotatable bonds is 4. The fraction of sp³-hybridized carbons (Fsp3) is 0.100. The number of halogens is 1. The standard InChI is InChI=1S/C20H15ClN2O2/c1-24-16-9-5-13(6-10-16)17-11-19(14-3-7-15(21)8-4-14)23-20(25-2)18(17)12-22/h3-11H,1-2H3. The highest BCUT2D eigenvalue weighted by atomic mass is 35.5. The van der Waals surface area contributed by atoms with Crippen molar-refractivity contribution in [2.45, 2.75) is 0 Å². The molecule has 1 aromatic heterocycles. The van der Waals surface area contributed by atoms with Gasteiger partial charge in [0.05, 0.1) is 19.9 Å². The van der Waals surface area contributed by atoms with Crippen molar-refractivity contribution in [3.8, 4) is 40.1 Å². The first-order chi connectivity index (χ1) is 12.2. The molecule has 0 aliphatic carbocycles. The molecule has 25 heavy (non-hydrogen) atoms. The number of aromatic nitrogens is 1. The van der Waals surface area contributed by atoms with Crippen LogP contribution in [0.3, 0.4) is 0 Å². The molecule has 0 fully saturated rings. The summed E-state index contributed by atoms with van der Waals surface area (Å²) in [6, 6.07) is 19.0. The van der Waals surface area contributed by atoms with Crippen molar-refractivity contribution in [1.82, 2.24) is 4.98 Å². The number of hydrogen-bond acceptors (Lipinski definition) is 4. The molecule has 0 saturated heterocycles. The van der Waals surface area contributed by atoms with Crippen molar-refractivity contribution in [2.24, 2.45) is 0 Å². The Morgan fingerprint density at radius 1 is 0.920 bits per heavy atom. The van der Waals surface area contributed by atoms with E-state index in [4.69, 9.17) is 21.1 Å². The molecule has 4 nitrogen and oxygen atoms in total. The quantitative estimate of drug-likeness (QED) is 0.667. The monoisotopic (exact) mass is 350 g/mol. The van der Waals surface area contributed by atoms with E-state index in [1.165, 1.54) is 7.11 Å². The summed E-state index contributed by atoms with van der Waals surface area (Å²) in [6.07, 6.45) is 0. The Labute approximate surface area is 151 Å². The van der Waals surface area contributed by atoms with E-state index in [-0.39, 0.29) is 0 Å². The van der Waals surface area contributed by atoms with Crippen LogP contribution in [0.15, 0.2) is 54.6 Å². The number of pyridine rings is 1. The van der Waals surface area contributed by atoms with Gasteiger partial charge in [0.15, 0.2) is 0 Å². The van der Waals surface area contributed by atoms with Gasteiger partial charge in [-0.25, -0.2) is 4.98 Å². The number of nitriles is 1. The van der Waals surface area contributed by atoms with E-state index in [9.17, 15) is 5.26 Å². The summed E-state index contributed by atoms with van der Waals surface area (Å²) in [4.78, 5) is 4.47. The van der Waals surface area contributed by atoms with Crippen LogP contribution in [0, 0.1) is 11.3 Å². The summed E-state index contributed by atoms with van der Waals surface area (Å²) in [7, 11) is 3.12. The van der Waals surface area contributed by atoms with Crippen LogP contribution in [0.2, 0.25) is 5.02 Å². The maximum absolute atomic E-state index is 9.58. The van der Waals surface area contributed by atoms with Gasteiger partial charge in [0.25, 0.3) is 0 Å². The molecule has 3 rings (SSSR count). The highest BCUT2D eigenvalue weighted by molar-refractivity contribution is 6.30. The molecule has 0 radical (unpaired) electrons. The third-order valence-electron chi connectivity index (χ3n) is 3.83. The molecule has 0 aliphatic heterocycles. The van der Waals surface area contributed by atoms with E-state index in [1.54, 1.807) is 19.2 Å². The number of nitrogens with zero attached hydrogens (tertiary/aromatic N) is 2. The molecule has 0 saturated carbocycles. The number of methoxy groups -OCH3 is 2. The largest absolute Gasteiger partial charge is 0.497 e. The van der Waals surface area contributed by atoms with E-state index < -0.39 is 0 Å². The van der Waals surface area contributed by atoms with Crippen molar-refractivity contribution in [1.29, 1.82) is 5.26 Å². The van der Waals surface area contributed by atoms with E-state index in [0.717, 1.165) is 22.4 Å². The Morgan fingerprint density at radius 2 is 1.56 bits per heavy atom. The van der Waals surface area contributed by atoms with Gasteiger partial charge < -0.3 is 9.47 Å². The van der Waals surface area contributed by atoms with Gasteiger partial charge in [-0.15, -0.1) is 0 Å². The molecule has 0 unspecified atom stereocenters. The lowest BCUT2D eigenvalue weighted by atomic mass is 9.98. The first-order valence-electron chi connectivity index (χ1n) is 7.55. The normalized spacial score (nSPS) is 10.2. The molecule has 0 bridgehead atoms. The summed E-state index contributed by atoms with van der Waals surface area (Å²) < 4.78 is 10.5. The second-order valence-electron chi connectivity index (χ2n) is 5.29. The Morgan fingerprint density at radius 3 is 2.12 bits per heavy atom. The van der Waals surface area contributed by atoms with Gasteiger partial charge in [0.1, 0.15) is 17.4 Å². The van der Waals surface area contributed by atoms with Gasteiger partial charge >= 0.3 is 0 Å². The lowest BCUT2D eigenvalue weighted by Crippen LogP contribution is -1.97. The molecule has 2 aromatic carbocycles. The Hall–Kier alpha value is -3.03. The molecule has 0 atom stereocenters. The van der Waals surface area contributed by atoms with Crippen molar-refractivity contribution in [3.05, 3.63) is 65.2 Å². The average Bonchev–Trinajstić information content (AvgIpc) is 2.67. The van der Waals surface area contributed by atoms with Crippen molar-refractivity contribution >= 4 is 11.6 Å². The Bertz CT molecular complexity index is 930. The minimum Gasteiger partial charge on any atom is -0.497 e. The molecule has 1 heterocycles. The van der Waals surface area contributed by atoms with Gasteiger partial charge in [-0.05, 0) is 35.9 Å². The summed E-state index contributed by atoms with van der Waals surface area (Å²) in [5.41, 5.74) is 3.63. The number of benzene rings is 2. The topological polar surface area (TPSA) is 55.1 Å². The zero-order valence-electron chi connectivity index (χ0n) is 13.8. The number of hydrogen-bond donors (Lipinski definition) is 0. The third-order valence-corrected chi connectivity index (χ3v) is 4.08. The SMILES string of the molecule is COc1ccc(-c2cc(-c3ccc(Cl)cc3)nc(OC)c2C#N)cc1. The Kier molecular flexibility index (Phi) is 4.87. The van der Waals surface area contributed by atoms with Gasteiger partial charge in [0.2, 0.25) is 5.88 Å². The maximum Gasteiger partial charge on any atom is 0.232 e. The zero-order valence-corrected chi connectivity index (χ0v) is 14.5. The van der Waals surface area contributed by atoms with Crippen LogP contribution in [0.5, 0.6) is 11.6 Å². The molecular formula is C20H15ClN2O2. The third kappa shape index (κ3) is 3.42. The fourth-order valence-corrected chi connectivity index (χ4v) is 2.67. The maximum atomic E-state index is 9.58. The van der Waals surface area contributed by atoms with Gasteiger partial charge in [-0.1, -0.05) is 35.9 Å². The molecular weight excluding hydrogens is 336 g/mol. The molecule has 0 aliphatic rings. The Balaban J connectivity index is 2.19. The van der Waals surface area contributed by atoms with Crippen molar-refractivity contribution in [2.75, 3.05) is 14.2 Å². The first kappa shape index (κ1) is 16.8. The van der Waals surface area contributed by atoms with Crippen LogP contribution in [0.1, 0.15) is 5.56 Å². The van der Waals surface area contributed by atoms with E-state index >= 15 is 0 Å². The first-order valence-corrected chi connectivity index (χ1v) is 7.93. The minimum absolute atomic E-state index is 0.292. The molecule has 0 amide bonds. The smallest absolute Gasteiger partial charge is 0.232 e. The fourth-order valence-electron chi connectivity index (χ4n) is 2.54. The minimum atomic E-state index is 0.292. The van der Waals surface area contributed by atoms with Crippen LogP contribution in [0.25, 0.3) is 22.4 Å². The average molecular weight is 351 g/mol. The van der Waals surface area contributed by atoms with Crippen LogP contribution in [-0.2, 0) is 0 Å². The lowest BCUT2D eigenvalue weighted by Gasteiger charge is -2.12. The van der Waals surface area contributed by atoms with Crippen LogP contribution < -0.4 is 9.47 Å². The summed E-state index contributed by atoms with van der Waals surface area (Å²) in [6.45, 7) is 0. The molecule has 5 heteroatoms. The van der Waals surface area contributed by atoms with Crippen LogP contribution in [-0.4, -0.2) is 19.2 Å². The van der Waals surface area contributed by atoms with Gasteiger partial charge in [0, 0.05) is 16.1 Å². The predicted molar refractivity (Wildman–Crippen MR) is 97.9 cm³/mol. The molecule has 3 aromatic rings.